The van der Waals surface area contributed by atoms with Gasteiger partial charge in [-0.2, -0.15) is 0 Å². The molecule has 166 valence electrons. The van der Waals surface area contributed by atoms with E-state index in [4.69, 9.17) is 4.74 Å². The van der Waals surface area contributed by atoms with Crippen LogP contribution in [0.15, 0.2) is 35.7 Å². The van der Waals surface area contributed by atoms with Crippen LogP contribution in [0, 0.1) is 5.92 Å². The van der Waals surface area contributed by atoms with E-state index in [1.54, 1.807) is 0 Å². The lowest BCUT2D eigenvalue weighted by atomic mass is 10.1. The molecule has 0 radical (unpaired) electrons. The van der Waals surface area contributed by atoms with Crippen LogP contribution in [-0.2, 0) is 22.7 Å². The number of carbonyl (C=O) groups excluding carboxylic acids is 2. The van der Waals surface area contributed by atoms with Crippen molar-refractivity contribution in [2.75, 3.05) is 18.4 Å². The van der Waals surface area contributed by atoms with E-state index in [-0.39, 0.29) is 24.5 Å². The number of anilines is 1. The summed E-state index contributed by atoms with van der Waals surface area (Å²) in [6.45, 7) is 3.35. The maximum Gasteiger partial charge on any atom is 0.407 e. The van der Waals surface area contributed by atoms with Crippen LogP contribution in [0.3, 0.4) is 0 Å². The maximum absolute atomic E-state index is 12.7. The summed E-state index contributed by atoms with van der Waals surface area (Å²) in [5.41, 5.74) is 1.97. The second-order valence-corrected chi connectivity index (χ2v) is 9.24. The van der Waals surface area contributed by atoms with E-state index in [0.29, 0.717) is 11.6 Å². The van der Waals surface area contributed by atoms with Gasteiger partial charge in [0.25, 0.3) is 0 Å². The lowest BCUT2D eigenvalue weighted by molar-refractivity contribution is -0.119. The molecule has 2 aromatic rings. The predicted molar refractivity (Wildman–Crippen MR) is 121 cm³/mol. The van der Waals surface area contributed by atoms with Crippen molar-refractivity contribution < 1.29 is 14.3 Å². The molecule has 2 N–H and O–H groups in total. The van der Waals surface area contributed by atoms with Crippen molar-refractivity contribution in [1.82, 2.24) is 15.2 Å². The van der Waals surface area contributed by atoms with Crippen molar-refractivity contribution in [3.8, 4) is 0 Å². The molecule has 31 heavy (non-hydrogen) atoms. The van der Waals surface area contributed by atoms with E-state index in [1.807, 2.05) is 35.7 Å². The van der Waals surface area contributed by atoms with E-state index in [2.05, 4.69) is 20.5 Å². The third-order valence-corrected chi connectivity index (χ3v) is 6.76. The molecule has 1 aromatic carbocycles. The standard InChI is InChI=1S/C23H30N4O3S/c28-21(26-22-24-20(16-31-22)14-27-11-5-2-6-12-27)18-9-10-19(13-18)25-23(29)30-15-17-7-3-1-4-8-17/h1,3-4,7-8,16,18-19H,2,5-6,9-15H2,(H,25,29)(H,24,26,28). The Morgan fingerprint density at radius 3 is 2.74 bits per heavy atom. The molecule has 2 unspecified atom stereocenters. The molecule has 2 atom stereocenters. The molecule has 2 heterocycles. The molecule has 4 rings (SSSR count). The summed E-state index contributed by atoms with van der Waals surface area (Å²) in [7, 11) is 0. The molecule has 7 nitrogen and oxygen atoms in total. The number of amides is 2. The zero-order valence-electron chi connectivity index (χ0n) is 17.7. The molecule has 1 aromatic heterocycles. The smallest absolute Gasteiger partial charge is 0.407 e. The van der Waals surface area contributed by atoms with E-state index < -0.39 is 6.09 Å². The fourth-order valence-corrected chi connectivity index (χ4v) is 4.98. The largest absolute Gasteiger partial charge is 0.445 e. The Kier molecular flexibility index (Phi) is 7.53. The van der Waals surface area contributed by atoms with Crippen LogP contribution >= 0.6 is 11.3 Å². The zero-order valence-corrected chi connectivity index (χ0v) is 18.5. The minimum atomic E-state index is -0.433. The number of aromatic nitrogens is 1. The number of benzene rings is 1. The molecule has 1 saturated heterocycles. The van der Waals surface area contributed by atoms with Crippen LogP contribution in [0.1, 0.15) is 49.8 Å². The fraction of sp³-hybridized carbons (Fsp3) is 0.522. The molecular weight excluding hydrogens is 412 g/mol. The Bertz CT molecular complexity index is 867. The highest BCUT2D eigenvalue weighted by atomic mass is 32.1. The van der Waals surface area contributed by atoms with Crippen LogP contribution in [0.5, 0.6) is 0 Å². The summed E-state index contributed by atoms with van der Waals surface area (Å²) in [5.74, 6) is -0.130. The van der Waals surface area contributed by atoms with Gasteiger partial charge >= 0.3 is 6.09 Å². The summed E-state index contributed by atoms with van der Waals surface area (Å²) in [6, 6.07) is 9.55. The summed E-state index contributed by atoms with van der Waals surface area (Å²) in [5, 5.41) is 8.55. The van der Waals surface area contributed by atoms with Gasteiger partial charge in [-0.3, -0.25) is 9.69 Å². The topological polar surface area (TPSA) is 83.6 Å². The number of carbonyl (C=O) groups is 2. The number of nitrogens with zero attached hydrogens (tertiary/aromatic N) is 2. The monoisotopic (exact) mass is 442 g/mol. The van der Waals surface area contributed by atoms with Crippen molar-refractivity contribution >= 4 is 28.5 Å². The number of likely N-dealkylation sites (tertiary alicyclic amines) is 1. The Morgan fingerprint density at radius 1 is 1.13 bits per heavy atom. The van der Waals surface area contributed by atoms with Crippen molar-refractivity contribution in [3.05, 3.63) is 47.0 Å². The van der Waals surface area contributed by atoms with Crippen molar-refractivity contribution in [3.63, 3.8) is 0 Å². The summed E-state index contributed by atoms with van der Waals surface area (Å²) >= 11 is 1.48. The number of thiazole rings is 1. The van der Waals surface area contributed by atoms with Crippen LogP contribution in [0.4, 0.5) is 9.93 Å². The molecule has 0 bridgehead atoms. The van der Waals surface area contributed by atoms with Crippen molar-refractivity contribution in [2.45, 2.75) is 57.7 Å². The number of ether oxygens (including phenoxy) is 1. The first kappa shape index (κ1) is 21.8. The highest BCUT2D eigenvalue weighted by molar-refractivity contribution is 7.13. The van der Waals surface area contributed by atoms with Gasteiger partial charge < -0.3 is 15.4 Å². The lowest BCUT2D eigenvalue weighted by Crippen LogP contribution is -2.34. The molecule has 2 fully saturated rings. The Balaban J connectivity index is 1.18. The van der Waals surface area contributed by atoms with Crippen LogP contribution in [0.25, 0.3) is 0 Å². The van der Waals surface area contributed by atoms with Gasteiger partial charge in [-0.15, -0.1) is 11.3 Å². The number of piperidine rings is 1. The van der Waals surface area contributed by atoms with E-state index in [9.17, 15) is 9.59 Å². The zero-order chi connectivity index (χ0) is 21.5. The molecule has 1 aliphatic heterocycles. The summed E-state index contributed by atoms with van der Waals surface area (Å²) in [6.07, 6.45) is 5.54. The number of hydrogen-bond acceptors (Lipinski definition) is 6. The third kappa shape index (κ3) is 6.51. The van der Waals surface area contributed by atoms with Crippen molar-refractivity contribution in [1.29, 1.82) is 0 Å². The van der Waals surface area contributed by atoms with Gasteiger partial charge in [-0.05, 0) is 50.8 Å². The second-order valence-electron chi connectivity index (χ2n) is 8.38. The van der Waals surface area contributed by atoms with Gasteiger partial charge in [0.15, 0.2) is 5.13 Å². The normalized spacial score (nSPS) is 21.5. The average molecular weight is 443 g/mol. The van der Waals surface area contributed by atoms with Gasteiger partial charge in [0, 0.05) is 23.9 Å². The third-order valence-electron chi connectivity index (χ3n) is 5.95. The molecule has 1 aliphatic carbocycles. The van der Waals surface area contributed by atoms with E-state index >= 15 is 0 Å². The Morgan fingerprint density at radius 2 is 1.94 bits per heavy atom. The number of hydrogen-bond donors (Lipinski definition) is 2. The first-order valence-electron chi connectivity index (χ1n) is 11.1. The highest BCUT2D eigenvalue weighted by Crippen LogP contribution is 2.28. The average Bonchev–Trinajstić information content (AvgIpc) is 3.43. The SMILES string of the molecule is O=C(NC1CCC(C(=O)Nc2nc(CN3CCCCC3)cs2)C1)OCc1ccccc1. The Labute approximate surface area is 187 Å². The highest BCUT2D eigenvalue weighted by Gasteiger charge is 2.31. The quantitative estimate of drug-likeness (QED) is 0.673. The van der Waals surface area contributed by atoms with Crippen LogP contribution in [0.2, 0.25) is 0 Å². The first-order valence-corrected chi connectivity index (χ1v) is 12.0. The van der Waals surface area contributed by atoms with E-state index in [1.165, 1.54) is 30.6 Å². The van der Waals surface area contributed by atoms with Crippen molar-refractivity contribution in [2.24, 2.45) is 5.92 Å². The molecule has 2 amide bonds. The van der Waals surface area contributed by atoms with Crippen LogP contribution < -0.4 is 10.6 Å². The predicted octanol–water partition coefficient (Wildman–Crippen LogP) is 4.16. The second kappa shape index (κ2) is 10.7. The number of alkyl carbamates (subject to hydrolysis) is 1. The van der Waals surface area contributed by atoms with Gasteiger partial charge in [0.2, 0.25) is 5.91 Å². The molecular formula is C23H30N4O3S. The van der Waals surface area contributed by atoms with Gasteiger partial charge in [0.1, 0.15) is 6.61 Å². The molecule has 2 aliphatic rings. The Hall–Kier alpha value is -2.45. The maximum atomic E-state index is 12.7. The summed E-state index contributed by atoms with van der Waals surface area (Å²) < 4.78 is 5.28. The number of rotatable bonds is 7. The van der Waals surface area contributed by atoms with Gasteiger partial charge in [0.05, 0.1) is 5.69 Å². The van der Waals surface area contributed by atoms with Crippen LogP contribution in [-0.4, -0.2) is 41.0 Å². The summed E-state index contributed by atoms with van der Waals surface area (Å²) in [4.78, 5) is 31.7. The van der Waals surface area contributed by atoms with Gasteiger partial charge in [-0.1, -0.05) is 36.8 Å². The minimum absolute atomic E-state index is 0.0131. The number of nitrogens with one attached hydrogen (secondary N) is 2. The van der Waals surface area contributed by atoms with Gasteiger partial charge in [-0.25, -0.2) is 9.78 Å². The van der Waals surface area contributed by atoms with E-state index in [0.717, 1.165) is 43.7 Å². The fourth-order valence-electron chi connectivity index (χ4n) is 4.27. The molecule has 8 heteroatoms. The first-order chi connectivity index (χ1) is 15.2. The minimum Gasteiger partial charge on any atom is -0.445 e. The lowest BCUT2D eigenvalue weighted by Gasteiger charge is -2.25. The molecule has 1 saturated carbocycles. The molecule has 0 spiro atoms.